The summed E-state index contributed by atoms with van der Waals surface area (Å²) in [6.45, 7) is 4.10. The lowest BCUT2D eigenvalue weighted by Crippen LogP contribution is -2.41. The summed E-state index contributed by atoms with van der Waals surface area (Å²) in [4.78, 5) is 13.1. The van der Waals surface area contributed by atoms with Gasteiger partial charge in [-0.25, -0.2) is 9.07 Å². The molecule has 0 radical (unpaired) electrons. The van der Waals surface area contributed by atoms with E-state index in [1.165, 1.54) is 17.8 Å². The molecule has 2 N–H and O–H groups in total. The summed E-state index contributed by atoms with van der Waals surface area (Å²) >= 11 is 1.34. The number of nitrogens with one attached hydrogen (secondary N) is 2. The van der Waals surface area contributed by atoms with Crippen LogP contribution in [0.4, 0.5) is 10.1 Å². The third-order valence-corrected chi connectivity index (χ3v) is 6.02. The van der Waals surface area contributed by atoms with Crippen LogP contribution in [0.5, 0.6) is 0 Å². The standard InChI is InChI=1S/C21H22FN5OS/c1-3-6-17-24-25-21-27(17)26-18(14-11-9-13(2)10-12-14)19(29-21)20(28)23-16-8-5-4-7-15(16)22/h4-5,7-12,18-19,26H,3,6H2,1-2H3,(H,23,28). The first kappa shape index (κ1) is 19.4. The highest BCUT2D eigenvalue weighted by Crippen LogP contribution is 2.37. The molecule has 0 bridgehead atoms. The SMILES string of the molecule is CCCc1nnc2n1NC(c1ccc(C)cc1)C(C(=O)Nc1ccccc1F)S2. The average molecular weight is 412 g/mol. The minimum atomic E-state index is -0.538. The molecule has 1 amide bonds. The van der Waals surface area contributed by atoms with Gasteiger partial charge in [-0.15, -0.1) is 10.2 Å². The van der Waals surface area contributed by atoms with E-state index in [0.717, 1.165) is 29.8 Å². The van der Waals surface area contributed by atoms with Crippen LogP contribution in [0.3, 0.4) is 0 Å². The van der Waals surface area contributed by atoms with Crippen molar-refractivity contribution in [2.75, 3.05) is 10.7 Å². The summed E-state index contributed by atoms with van der Waals surface area (Å²) < 4.78 is 15.9. The first-order valence-corrected chi connectivity index (χ1v) is 10.4. The largest absolute Gasteiger partial charge is 0.323 e. The first-order chi connectivity index (χ1) is 14.1. The molecule has 8 heteroatoms. The molecule has 0 aliphatic carbocycles. The Bertz CT molecular complexity index is 1020. The third-order valence-electron chi connectivity index (χ3n) is 4.80. The number of fused-ring (bicyclic) bond motifs is 1. The van der Waals surface area contributed by atoms with Gasteiger partial charge in [0, 0.05) is 6.42 Å². The molecule has 150 valence electrons. The van der Waals surface area contributed by atoms with Crippen molar-refractivity contribution >= 4 is 23.4 Å². The molecular weight excluding hydrogens is 389 g/mol. The highest BCUT2D eigenvalue weighted by Gasteiger charge is 2.37. The summed E-state index contributed by atoms with van der Waals surface area (Å²) in [5.41, 5.74) is 5.69. The Labute approximate surface area is 172 Å². The minimum absolute atomic E-state index is 0.166. The molecule has 6 nitrogen and oxygen atoms in total. The van der Waals surface area contributed by atoms with Crippen LogP contribution >= 0.6 is 11.8 Å². The van der Waals surface area contributed by atoms with Crippen LogP contribution in [-0.2, 0) is 11.2 Å². The van der Waals surface area contributed by atoms with E-state index in [1.54, 1.807) is 18.2 Å². The number of halogens is 1. The normalized spacial score (nSPS) is 18.0. The van der Waals surface area contributed by atoms with Gasteiger partial charge in [-0.2, -0.15) is 0 Å². The lowest BCUT2D eigenvalue weighted by atomic mass is 10.0. The number of carbonyl (C=O) groups is 1. The molecular formula is C21H22FN5OS. The quantitative estimate of drug-likeness (QED) is 0.662. The zero-order valence-electron chi connectivity index (χ0n) is 16.2. The van der Waals surface area contributed by atoms with E-state index in [2.05, 4.69) is 27.9 Å². The minimum Gasteiger partial charge on any atom is -0.323 e. The Kier molecular flexibility index (Phi) is 5.53. The number of anilines is 1. The Hall–Kier alpha value is -2.87. The van der Waals surface area contributed by atoms with Crippen molar-refractivity contribution in [1.82, 2.24) is 14.9 Å². The molecule has 29 heavy (non-hydrogen) atoms. The van der Waals surface area contributed by atoms with Crippen LogP contribution in [0.2, 0.25) is 0 Å². The Morgan fingerprint density at radius 3 is 2.69 bits per heavy atom. The molecule has 0 spiro atoms. The lowest BCUT2D eigenvalue weighted by molar-refractivity contribution is -0.116. The fourth-order valence-corrected chi connectivity index (χ4v) is 4.37. The number of nitrogens with zero attached hydrogens (tertiary/aromatic N) is 3. The van der Waals surface area contributed by atoms with E-state index in [9.17, 15) is 9.18 Å². The summed E-state index contributed by atoms with van der Waals surface area (Å²) in [5, 5.41) is 11.3. The number of hydrogen-bond donors (Lipinski definition) is 2. The maximum absolute atomic E-state index is 14.0. The molecule has 3 aromatic rings. The zero-order chi connectivity index (χ0) is 20.4. The van der Waals surface area contributed by atoms with Crippen molar-refractivity contribution in [3.8, 4) is 0 Å². The number of aromatic nitrogens is 3. The van der Waals surface area contributed by atoms with Crippen molar-refractivity contribution in [3.05, 3.63) is 71.3 Å². The molecule has 0 saturated carbocycles. The topological polar surface area (TPSA) is 71.8 Å². The summed E-state index contributed by atoms with van der Waals surface area (Å²) in [5.74, 6) is 0.0828. The number of aryl methyl sites for hydroxylation is 2. The second-order valence-corrected chi connectivity index (χ2v) is 8.12. The maximum atomic E-state index is 14.0. The highest BCUT2D eigenvalue weighted by atomic mass is 32.2. The number of benzene rings is 2. The van der Waals surface area contributed by atoms with Crippen molar-refractivity contribution in [1.29, 1.82) is 0 Å². The number of para-hydroxylation sites is 1. The lowest BCUT2D eigenvalue weighted by Gasteiger charge is -2.33. The van der Waals surface area contributed by atoms with Gasteiger partial charge in [0.05, 0.1) is 11.7 Å². The first-order valence-electron chi connectivity index (χ1n) is 9.56. The molecule has 4 rings (SSSR count). The second kappa shape index (κ2) is 8.24. The molecule has 1 aliphatic heterocycles. The highest BCUT2D eigenvalue weighted by molar-refractivity contribution is 8.00. The number of rotatable bonds is 5. The van der Waals surface area contributed by atoms with Crippen LogP contribution in [0, 0.1) is 12.7 Å². The van der Waals surface area contributed by atoms with Gasteiger partial charge in [0.2, 0.25) is 11.1 Å². The van der Waals surface area contributed by atoms with Crippen molar-refractivity contribution < 1.29 is 9.18 Å². The van der Waals surface area contributed by atoms with Crippen LogP contribution in [0.15, 0.2) is 53.7 Å². The summed E-state index contributed by atoms with van der Waals surface area (Å²) in [6, 6.07) is 13.9. The molecule has 0 fully saturated rings. The molecule has 2 heterocycles. The van der Waals surface area contributed by atoms with E-state index in [4.69, 9.17) is 0 Å². The predicted molar refractivity (Wildman–Crippen MR) is 112 cm³/mol. The predicted octanol–water partition coefficient (Wildman–Crippen LogP) is 4.08. The fraction of sp³-hybridized carbons (Fsp3) is 0.286. The van der Waals surface area contributed by atoms with Crippen molar-refractivity contribution in [2.24, 2.45) is 0 Å². The molecule has 0 saturated heterocycles. The number of amides is 1. The van der Waals surface area contributed by atoms with Crippen LogP contribution in [-0.4, -0.2) is 26.0 Å². The summed E-state index contributed by atoms with van der Waals surface area (Å²) in [6.07, 6.45) is 1.73. The molecule has 1 aromatic heterocycles. The van der Waals surface area contributed by atoms with Gasteiger partial charge in [0.1, 0.15) is 11.1 Å². The number of thioether (sulfide) groups is 1. The maximum Gasteiger partial charge on any atom is 0.240 e. The molecule has 2 aromatic carbocycles. The van der Waals surface area contributed by atoms with E-state index in [-0.39, 0.29) is 17.6 Å². The van der Waals surface area contributed by atoms with Gasteiger partial charge >= 0.3 is 0 Å². The van der Waals surface area contributed by atoms with Gasteiger partial charge in [-0.1, -0.05) is 60.6 Å². The van der Waals surface area contributed by atoms with E-state index >= 15 is 0 Å². The second-order valence-electron chi connectivity index (χ2n) is 7.01. The Morgan fingerprint density at radius 2 is 1.97 bits per heavy atom. The van der Waals surface area contributed by atoms with Crippen molar-refractivity contribution in [3.63, 3.8) is 0 Å². The van der Waals surface area contributed by atoms with Gasteiger partial charge in [0.15, 0.2) is 5.82 Å². The van der Waals surface area contributed by atoms with Gasteiger partial charge in [-0.3, -0.25) is 4.79 Å². The van der Waals surface area contributed by atoms with Gasteiger partial charge in [-0.05, 0) is 31.0 Å². The Balaban J connectivity index is 1.67. The van der Waals surface area contributed by atoms with E-state index < -0.39 is 11.1 Å². The zero-order valence-corrected chi connectivity index (χ0v) is 17.0. The monoisotopic (exact) mass is 411 g/mol. The van der Waals surface area contributed by atoms with Gasteiger partial charge < -0.3 is 10.7 Å². The smallest absolute Gasteiger partial charge is 0.240 e. The van der Waals surface area contributed by atoms with Gasteiger partial charge in [0.25, 0.3) is 0 Å². The number of hydrogen-bond acceptors (Lipinski definition) is 5. The number of carbonyl (C=O) groups excluding carboxylic acids is 1. The van der Waals surface area contributed by atoms with Crippen LogP contribution in [0.25, 0.3) is 0 Å². The van der Waals surface area contributed by atoms with Crippen LogP contribution < -0.4 is 10.7 Å². The van der Waals surface area contributed by atoms with Crippen LogP contribution in [0.1, 0.15) is 36.3 Å². The molecule has 2 unspecified atom stereocenters. The average Bonchev–Trinajstić information content (AvgIpc) is 3.11. The summed E-state index contributed by atoms with van der Waals surface area (Å²) in [7, 11) is 0. The fourth-order valence-electron chi connectivity index (χ4n) is 3.27. The third kappa shape index (κ3) is 3.98. The van der Waals surface area contributed by atoms with E-state index in [1.807, 2.05) is 35.9 Å². The molecule has 2 atom stereocenters. The Morgan fingerprint density at radius 1 is 1.21 bits per heavy atom. The molecule has 1 aliphatic rings. The van der Waals surface area contributed by atoms with Crippen molar-refractivity contribution in [2.45, 2.75) is 43.1 Å². The van der Waals surface area contributed by atoms with E-state index in [0.29, 0.717) is 5.16 Å².